The SMILES string of the molecule is CC(C)(C)c1ccc([PH+](c2ccc(C(C)(C)C)cc2)c2ccc(C(C)(C)C)cc2)cc1.O=C([O-])O. The van der Waals surface area contributed by atoms with Gasteiger partial charge in [0.15, 0.2) is 0 Å². The molecule has 0 bridgehead atoms. The van der Waals surface area contributed by atoms with E-state index in [2.05, 4.69) is 135 Å². The van der Waals surface area contributed by atoms with Gasteiger partial charge in [-0.2, -0.15) is 0 Å². The average molecular weight is 493 g/mol. The van der Waals surface area contributed by atoms with Gasteiger partial charge in [0, 0.05) is 0 Å². The van der Waals surface area contributed by atoms with Gasteiger partial charge in [-0.3, -0.25) is 0 Å². The Bertz CT molecular complexity index is 952. The first-order chi connectivity index (χ1) is 16.0. The topological polar surface area (TPSA) is 60.4 Å². The van der Waals surface area contributed by atoms with E-state index in [1.54, 1.807) is 0 Å². The largest absolute Gasteiger partial charge is 0.565 e. The lowest BCUT2D eigenvalue weighted by molar-refractivity contribution is -0.275. The maximum absolute atomic E-state index is 8.44. The van der Waals surface area contributed by atoms with E-state index in [1.807, 2.05) is 0 Å². The molecule has 0 aliphatic rings. The van der Waals surface area contributed by atoms with Crippen LogP contribution in [-0.2, 0) is 16.2 Å². The summed E-state index contributed by atoms with van der Waals surface area (Å²) in [6.45, 7) is 20.5. The fourth-order valence-corrected chi connectivity index (χ4v) is 6.41. The van der Waals surface area contributed by atoms with Crippen LogP contribution in [0.25, 0.3) is 0 Å². The highest BCUT2D eigenvalue weighted by molar-refractivity contribution is 7.79. The van der Waals surface area contributed by atoms with Crippen LogP contribution >= 0.6 is 7.92 Å². The number of rotatable bonds is 3. The third kappa shape index (κ3) is 8.22. The first-order valence-electron chi connectivity index (χ1n) is 12.1. The molecule has 0 aromatic heterocycles. The molecule has 0 fully saturated rings. The Hall–Kier alpha value is -2.64. The molecule has 3 rings (SSSR count). The minimum Gasteiger partial charge on any atom is -0.565 e. The van der Waals surface area contributed by atoms with Crippen molar-refractivity contribution in [1.29, 1.82) is 0 Å². The summed E-state index contributed by atoms with van der Waals surface area (Å²) >= 11 is 0. The van der Waals surface area contributed by atoms with E-state index in [9.17, 15) is 0 Å². The predicted molar refractivity (Wildman–Crippen MR) is 151 cm³/mol. The smallest absolute Gasteiger partial charge is 0.249 e. The van der Waals surface area contributed by atoms with E-state index >= 15 is 0 Å². The van der Waals surface area contributed by atoms with Crippen molar-refractivity contribution in [2.75, 3.05) is 0 Å². The maximum Gasteiger partial charge on any atom is 0.249 e. The second-order valence-electron chi connectivity index (χ2n) is 12.1. The first-order valence-corrected chi connectivity index (χ1v) is 13.6. The Labute approximate surface area is 213 Å². The van der Waals surface area contributed by atoms with E-state index in [4.69, 9.17) is 15.0 Å². The van der Waals surface area contributed by atoms with Gasteiger partial charge in [-0.1, -0.05) is 98.7 Å². The van der Waals surface area contributed by atoms with Crippen LogP contribution in [-0.4, -0.2) is 11.3 Å². The quantitative estimate of drug-likeness (QED) is 0.459. The fourth-order valence-electron chi connectivity index (χ4n) is 3.91. The van der Waals surface area contributed by atoms with E-state index in [0.29, 0.717) is 0 Å². The first kappa shape index (κ1) is 28.6. The van der Waals surface area contributed by atoms with E-state index in [1.165, 1.54) is 32.6 Å². The molecule has 0 spiro atoms. The highest BCUT2D eigenvalue weighted by Gasteiger charge is 2.27. The summed E-state index contributed by atoms with van der Waals surface area (Å²) in [4.78, 5) is 8.44. The lowest BCUT2D eigenvalue weighted by Gasteiger charge is -2.21. The van der Waals surface area contributed by atoms with Crippen LogP contribution in [0, 0.1) is 0 Å². The highest BCUT2D eigenvalue weighted by atomic mass is 31.1. The zero-order chi connectivity index (χ0) is 26.6. The molecule has 0 unspecified atom stereocenters. The summed E-state index contributed by atoms with van der Waals surface area (Å²) < 4.78 is 0. The number of carboxylic acid groups (broad SMARTS) is 2. The molecular formula is C31H41O3P. The fraction of sp³-hybridized carbons (Fsp3) is 0.387. The van der Waals surface area contributed by atoms with Crippen LogP contribution in [0.2, 0.25) is 0 Å². The molecule has 188 valence electrons. The van der Waals surface area contributed by atoms with Crippen molar-refractivity contribution in [3.63, 3.8) is 0 Å². The molecule has 3 nitrogen and oxygen atoms in total. The van der Waals surface area contributed by atoms with Gasteiger partial charge in [0.2, 0.25) is 6.16 Å². The number of benzene rings is 3. The second kappa shape index (κ2) is 11.0. The lowest BCUT2D eigenvalue weighted by atomic mass is 9.87. The molecule has 0 aliphatic heterocycles. The second-order valence-corrected chi connectivity index (χ2v) is 14.6. The van der Waals surface area contributed by atoms with Gasteiger partial charge in [-0.05, 0) is 69.3 Å². The molecule has 3 aromatic rings. The molecule has 0 heterocycles. The molecule has 1 N–H and O–H groups in total. The molecule has 0 amide bonds. The molecule has 0 saturated carbocycles. The standard InChI is InChI=1S/C30H39P.CH2O3/c1-28(2,3)22-10-16-25(17-11-22)31(26-18-12-23(13-19-26)29(4,5)6)27-20-14-24(15-21-27)30(7,8)9;2-1(3)4/h10-21H,1-9H3;(H2,2,3,4). The Kier molecular flexibility index (Phi) is 8.95. The van der Waals surface area contributed by atoms with Crippen molar-refractivity contribution in [3.8, 4) is 0 Å². The minimum atomic E-state index is -2.08. The summed E-state index contributed by atoms with van der Waals surface area (Å²) in [5, 5.41) is 19.7. The van der Waals surface area contributed by atoms with Gasteiger partial charge in [0.05, 0.1) is 7.92 Å². The zero-order valence-corrected chi connectivity index (χ0v) is 23.7. The maximum atomic E-state index is 8.44. The minimum absolute atomic E-state index is 0.175. The Morgan fingerprint density at radius 1 is 0.543 bits per heavy atom. The molecule has 35 heavy (non-hydrogen) atoms. The molecule has 0 aliphatic carbocycles. The monoisotopic (exact) mass is 492 g/mol. The summed E-state index contributed by atoms with van der Waals surface area (Å²) in [5.41, 5.74) is 4.70. The summed E-state index contributed by atoms with van der Waals surface area (Å²) in [6, 6.07) is 28.2. The van der Waals surface area contributed by atoms with Gasteiger partial charge >= 0.3 is 0 Å². The third-order valence-electron chi connectivity index (χ3n) is 6.12. The van der Waals surface area contributed by atoms with Gasteiger partial charge in [-0.25, -0.2) is 0 Å². The van der Waals surface area contributed by atoms with Crippen LogP contribution < -0.4 is 21.0 Å². The summed E-state index contributed by atoms with van der Waals surface area (Å²) in [5.74, 6) is 0. The third-order valence-corrected chi connectivity index (χ3v) is 8.85. The number of hydrogen-bond acceptors (Lipinski definition) is 2. The van der Waals surface area contributed by atoms with E-state index in [0.717, 1.165) is 0 Å². The molecule has 4 heteroatoms. The lowest BCUT2D eigenvalue weighted by Crippen LogP contribution is -2.23. The number of carbonyl (C=O) groups is 1. The van der Waals surface area contributed by atoms with Crippen LogP contribution in [0.3, 0.4) is 0 Å². The van der Waals surface area contributed by atoms with Crippen molar-refractivity contribution >= 4 is 30.0 Å². The van der Waals surface area contributed by atoms with Crippen LogP contribution in [0.5, 0.6) is 0 Å². The van der Waals surface area contributed by atoms with Crippen molar-refractivity contribution in [1.82, 2.24) is 0 Å². The van der Waals surface area contributed by atoms with Crippen molar-refractivity contribution in [2.24, 2.45) is 0 Å². The van der Waals surface area contributed by atoms with Crippen molar-refractivity contribution < 1.29 is 15.0 Å². The molecule has 0 atom stereocenters. The average Bonchev–Trinajstić information content (AvgIpc) is 2.73. The van der Waals surface area contributed by atoms with Gasteiger partial charge in [0.25, 0.3) is 0 Å². The molecule has 0 saturated heterocycles. The van der Waals surface area contributed by atoms with E-state index < -0.39 is 14.1 Å². The van der Waals surface area contributed by atoms with Gasteiger partial charge in [0.1, 0.15) is 15.9 Å². The van der Waals surface area contributed by atoms with Crippen molar-refractivity contribution in [2.45, 2.75) is 78.6 Å². The molecule has 0 radical (unpaired) electrons. The highest BCUT2D eigenvalue weighted by Crippen LogP contribution is 2.35. The van der Waals surface area contributed by atoms with Crippen molar-refractivity contribution in [3.05, 3.63) is 89.5 Å². The van der Waals surface area contributed by atoms with Gasteiger partial charge < -0.3 is 15.0 Å². The normalized spacial score (nSPS) is 12.2. The van der Waals surface area contributed by atoms with Gasteiger partial charge in [-0.15, -0.1) is 0 Å². The number of hydrogen-bond donors (Lipinski definition) is 1. The molecular weight excluding hydrogens is 451 g/mol. The zero-order valence-electron chi connectivity index (χ0n) is 22.7. The molecule has 3 aromatic carbocycles. The van der Waals surface area contributed by atoms with E-state index in [-0.39, 0.29) is 16.2 Å². The Morgan fingerprint density at radius 3 is 0.857 bits per heavy atom. The predicted octanol–water partition coefficient (Wildman–Crippen LogP) is 5.96. The Morgan fingerprint density at radius 2 is 0.714 bits per heavy atom. The van der Waals surface area contributed by atoms with Crippen LogP contribution in [0.1, 0.15) is 79.0 Å². The Balaban J connectivity index is 0.00000100. The van der Waals surface area contributed by atoms with Crippen LogP contribution in [0.4, 0.5) is 4.79 Å². The summed E-state index contributed by atoms with van der Waals surface area (Å²) in [7, 11) is -1.06. The van der Waals surface area contributed by atoms with Crippen LogP contribution in [0.15, 0.2) is 72.8 Å². The summed E-state index contributed by atoms with van der Waals surface area (Å²) in [6.07, 6.45) is -2.08.